The van der Waals surface area contributed by atoms with Crippen LogP contribution in [0.4, 0.5) is 0 Å². The van der Waals surface area contributed by atoms with Gasteiger partial charge in [0.05, 0.1) is 19.6 Å². The Hall–Kier alpha value is -1.73. The predicted molar refractivity (Wildman–Crippen MR) is 78.5 cm³/mol. The zero-order valence-corrected chi connectivity index (χ0v) is 12.0. The minimum Gasteiger partial charge on any atom is -0.536 e. The number of hydrogen-bond acceptors (Lipinski definition) is 5. The summed E-state index contributed by atoms with van der Waals surface area (Å²) in [4.78, 5) is 13.4. The van der Waals surface area contributed by atoms with Crippen molar-refractivity contribution in [2.75, 3.05) is 26.7 Å². The van der Waals surface area contributed by atoms with E-state index < -0.39 is 7.12 Å². The third-order valence-electron chi connectivity index (χ3n) is 3.79. The number of benzene rings is 1. The minimum atomic E-state index is -0.730. The summed E-state index contributed by atoms with van der Waals surface area (Å²) in [5, 5.41) is 12.4. The van der Waals surface area contributed by atoms with Gasteiger partial charge in [0, 0.05) is 6.07 Å². The fraction of sp³-hybridized carbons (Fsp3) is 0.500. The number of nitrogens with one attached hydrogen (secondary N) is 1. The first-order valence-corrected chi connectivity index (χ1v) is 7.22. The number of amides is 1. The maximum absolute atomic E-state index is 11.6. The van der Waals surface area contributed by atoms with Crippen LogP contribution in [0.3, 0.4) is 0 Å². The molecular weight excluding hydrogens is 271 g/mol. The summed E-state index contributed by atoms with van der Waals surface area (Å²) >= 11 is 0. The van der Waals surface area contributed by atoms with Crippen LogP contribution in [0.25, 0.3) is 0 Å². The summed E-state index contributed by atoms with van der Waals surface area (Å²) in [7, 11) is 1.03. The van der Waals surface area contributed by atoms with Crippen LogP contribution in [0.2, 0.25) is 6.32 Å². The molecule has 0 saturated carbocycles. The highest BCUT2D eigenvalue weighted by atomic mass is 16.5. The van der Waals surface area contributed by atoms with Crippen LogP contribution >= 0.6 is 0 Å². The van der Waals surface area contributed by atoms with Gasteiger partial charge in [-0.25, -0.2) is 0 Å². The zero-order chi connectivity index (χ0) is 14.8. The van der Waals surface area contributed by atoms with Gasteiger partial charge in [-0.1, -0.05) is 6.07 Å². The molecular formula is C14H19BN2O4. The van der Waals surface area contributed by atoms with Gasteiger partial charge in [0.2, 0.25) is 5.91 Å². The Morgan fingerprint density at radius 3 is 3.14 bits per heavy atom. The van der Waals surface area contributed by atoms with Crippen LogP contribution in [-0.4, -0.2) is 55.7 Å². The molecule has 7 heteroatoms. The van der Waals surface area contributed by atoms with Gasteiger partial charge in [-0.2, -0.15) is 0 Å². The number of ether oxygens (including phenoxy) is 1. The Balaban J connectivity index is 1.55. The van der Waals surface area contributed by atoms with Crippen molar-refractivity contribution in [2.24, 2.45) is 0 Å². The molecule has 2 heterocycles. The van der Waals surface area contributed by atoms with Crippen LogP contribution in [0.15, 0.2) is 18.2 Å². The number of hydrogen-bond donors (Lipinski definition) is 2. The number of fused-ring (bicyclic) bond motifs is 1. The van der Waals surface area contributed by atoms with Crippen molar-refractivity contribution in [3.8, 4) is 11.5 Å². The monoisotopic (exact) mass is 290 g/mol. The fourth-order valence-electron chi connectivity index (χ4n) is 2.58. The topological polar surface area (TPSA) is 71.0 Å². The number of rotatable bonds is 4. The molecule has 1 fully saturated rings. The van der Waals surface area contributed by atoms with Gasteiger partial charge in [-0.3, -0.25) is 4.79 Å². The van der Waals surface area contributed by atoms with Gasteiger partial charge in [0.25, 0.3) is 0 Å². The van der Waals surface area contributed by atoms with Gasteiger partial charge < -0.3 is 24.6 Å². The van der Waals surface area contributed by atoms with E-state index in [-0.39, 0.29) is 12.0 Å². The van der Waals surface area contributed by atoms with E-state index in [0.29, 0.717) is 37.5 Å². The van der Waals surface area contributed by atoms with E-state index in [1.54, 1.807) is 11.9 Å². The minimum absolute atomic E-state index is 0.0253. The molecule has 21 heavy (non-hydrogen) atoms. The second kappa shape index (κ2) is 5.95. The first-order chi connectivity index (χ1) is 10.2. The van der Waals surface area contributed by atoms with Crippen molar-refractivity contribution < 1.29 is 19.2 Å². The Labute approximate surface area is 124 Å². The average Bonchev–Trinajstić information content (AvgIpc) is 2.42. The molecule has 0 aromatic heterocycles. The molecule has 0 radical (unpaired) electrons. The lowest BCUT2D eigenvalue weighted by Crippen LogP contribution is -2.57. The van der Waals surface area contributed by atoms with E-state index in [0.717, 1.165) is 12.0 Å². The molecule has 1 saturated heterocycles. The first-order valence-electron chi connectivity index (χ1n) is 7.22. The number of carbonyl (C=O) groups excluding carboxylic acids is 1. The molecule has 1 aromatic carbocycles. The third kappa shape index (κ3) is 3.14. The van der Waals surface area contributed by atoms with Gasteiger partial charge in [-0.15, -0.1) is 0 Å². The molecule has 6 nitrogen and oxygen atoms in total. The van der Waals surface area contributed by atoms with E-state index >= 15 is 0 Å². The van der Waals surface area contributed by atoms with Crippen molar-refractivity contribution >= 4 is 13.0 Å². The summed E-state index contributed by atoms with van der Waals surface area (Å²) in [5.41, 5.74) is 1.09. The normalized spacial score (nSPS) is 17.8. The molecule has 0 unspecified atom stereocenters. The van der Waals surface area contributed by atoms with E-state index in [4.69, 9.17) is 9.39 Å². The highest BCUT2D eigenvalue weighted by molar-refractivity contribution is 6.44. The lowest BCUT2D eigenvalue weighted by atomic mass is 9.79. The first kappa shape index (κ1) is 14.2. The smallest absolute Gasteiger partial charge is 0.522 e. The average molecular weight is 290 g/mol. The van der Waals surface area contributed by atoms with E-state index in [2.05, 4.69) is 5.32 Å². The summed E-state index contributed by atoms with van der Waals surface area (Å²) in [5.74, 6) is 1.50. The van der Waals surface area contributed by atoms with Gasteiger partial charge in [-0.05, 0) is 31.4 Å². The lowest BCUT2D eigenvalue weighted by Gasteiger charge is -2.39. The summed E-state index contributed by atoms with van der Waals surface area (Å²) in [6.45, 7) is 1.58. The maximum Gasteiger partial charge on any atom is 0.522 e. The van der Waals surface area contributed by atoms with E-state index in [9.17, 15) is 9.82 Å². The Bertz CT molecular complexity index is 534. The van der Waals surface area contributed by atoms with Gasteiger partial charge in [0.15, 0.2) is 0 Å². The van der Waals surface area contributed by atoms with Crippen molar-refractivity contribution in [1.29, 1.82) is 0 Å². The highest BCUT2D eigenvalue weighted by Crippen LogP contribution is 2.31. The van der Waals surface area contributed by atoms with Gasteiger partial charge in [0.1, 0.15) is 17.6 Å². The van der Waals surface area contributed by atoms with Gasteiger partial charge >= 0.3 is 7.12 Å². The van der Waals surface area contributed by atoms with Crippen molar-refractivity contribution in [2.45, 2.75) is 18.8 Å². The second-order valence-corrected chi connectivity index (χ2v) is 5.45. The Kier molecular flexibility index (Phi) is 4.03. The number of nitrogens with zero attached hydrogens (tertiary/aromatic N) is 1. The fourth-order valence-corrected chi connectivity index (χ4v) is 2.58. The molecule has 0 spiro atoms. The predicted octanol–water partition coefficient (Wildman–Crippen LogP) is -0.0890. The molecule has 0 aliphatic carbocycles. The Morgan fingerprint density at radius 2 is 2.38 bits per heavy atom. The standard InChI is InChI=1S/C14H19BN2O4/c1-16-7-14(18)17-8-12(9-17)20-11-3-2-10-4-5-15(19)21-13(10)6-11/h2-3,6,12,16,19H,4-5,7-9H2,1H3. The van der Waals surface area contributed by atoms with Crippen LogP contribution in [-0.2, 0) is 11.2 Å². The summed E-state index contributed by atoms with van der Waals surface area (Å²) in [6.07, 6.45) is 1.46. The molecule has 2 N–H and O–H groups in total. The lowest BCUT2D eigenvalue weighted by molar-refractivity contribution is -0.138. The van der Waals surface area contributed by atoms with Crippen LogP contribution in [0, 0.1) is 0 Å². The van der Waals surface area contributed by atoms with E-state index in [1.807, 2.05) is 18.2 Å². The van der Waals surface area contributed by atoms with E-state index in [1.165, 1.54) is 0 Å². The molecule has 3 rings (SSSR count). The number of carbonyl (C=O) groups is 1. The van der Waals surface area contributed by atoms with Crippen molar-refractivity contribution in [1.82, 2.24) is 10.2 Å². The molecule has 2 aliphatic rings. The maximum atomic E-state index is 11.6. The SMILES string of the molecule is CNCC(=O)N1CC(Oc2ccc3c(c2)OB(O)CC3)C1. The Morgan fingerprint density at radius 1 is 1.57 bits per heavy atom. The quantitative estimate of drug-likeness (QED) is 0.758. The van der Waals surface area contributed by atoms with Crippen LogP contribution in [0.5, 0.6) is 11.5 Å². The molecule has 1 aromatic rings. The molecule has 112 valence electrons. The molecule has 1 amide bonds. The zero-order valence-electron chi connectivity index (χ0n) is 12.0. The van der Waals surface area contributed by atoms with Crippen molar-refractivity contribution in [3.05, 3.63) is 23.8 Å². The molecule has 2 aliphatic heterocycles. The number of aryl methyl sites for hydroxylation is 1. The number of likely N-dealkylation sites (tertiary alicyclic amines) is 1. The molecule has 0 bridgehead atoms. The molecule has 0 atom stereocenters. The second-order valence-electron chi connectivity index (χ2n) is 5.45. The van der Waals surface area contributed by atoms with Crippen LogP contribution in [0.1, 0.15) is 5.56 Å². The largest absolute Gasteiger partial charge is 0.536 e. The highest BCUT2D eigenvalue weighted by Gasteiger charge is 2.32. The number of likely N-dealkylation sites (N-methyl/N-ethyl adjacent to an activating group) is 1. The summed E-state index contributed by atoms with van der Waals surface area (Å²) < 4.78 is 11.2. The third-order valence-corrected chi connectivity index (χ3v) is 3.79. The summed E-state index contributed by atoms with van der Waals surface area (Å²) in [6, 6.07) is 5.70. The van der Waals surface area contributed by atoms with Crippen LogP contribution < -0.4 is 14.7 Å². The van der Waals surface area contributed by atoms with Crippen molar-refractivity contribution in [3.63, 3.8) is 0 Å².